The van der Waals surface area contributed by atoms with Crippen molar-refractivity contribution in [2.75, 3.05) is 6.73 Å². The highest BCUT2D eigenvalue weighted by molar-refractivity contribution is 7.90. The van der Waals surface area contributed by atoms with Gasteiger partial charge in [0.05, 0.1) is 5.56 Å². The molecule has 0 saturated heterocycles. The number of aromatic hydroxyl groups is 1. The van der Waals surface area contributed by atoms with Crippen LogP contribution in [0.5, 0.6) is 11.6 Å². The van der Waals surface area contributed by atoms with Crippen molar-refractivity contribution in [3.05, 3.63) is 63.0 Å². The van der Waals surface area contributed by atoms with E-state index in [9.17, 15) is 23.1 Å². The molecule has 0 saturated carbocycles. The first kappa shape index (κ1) is 20.2. The summed E-state index contributed by atoms with van der Waals surface area (Å²) >= 11 is 6.04. The summed E-state index contributed by atoms with van der Waals surface area (Å²) in [6.07, 6.45) is 1.48. The molecule has 11 heteroatoms. The fourth-order valence-electron chi connectivity index (χ4n) is 3.25. The zero-order chi connectivity index (χ0) is 21.8. The lowest BCUT2D eigenvalue weighted by Crippen LogP contribution is -2.34. The minimum Gasteiger partial charge on any atom is -0.508 e. The summed E-state index contributed by atoms with van der Waals surface area (Å²) in [5, 5.41) is 9.57. The number of nitrogens with zero attached hydrogens (tertiary/aromatic N) is 3. The first-order valence-electron chi connectivity index (χ1n) is 8.86. The molecule has 1 aliphatic rings. The summed E-state index contributed by atoms with van der Waals surface area (Å²) in [5.74, 6) is -1.55. The quantitative estimate of drug-likeness (QED) is 0.649. The fraction of sp³-hybridized carbons (Fsp3) is 0.211. The Morgan fingerprint density at radius 3 is 2.67 bits per heavy atom. The number of aromatic nitrogens is 2. The Hall–Kier alpha value is -3.11. The molecule has 0 bridgehead atoms. The van der Waals surface area contributed by atoms with Crippen LogP contribution < -0.4 is 10.3 Å². The third kappa shape index (κ3) is 2.99. The molecule has 30 heavy (non-hydrogen) atoms. The van der Waals surface area contributed by atoms with E-state index in [1.54, 1.807) is 32.0 Å². The van der Waals surface area contributed by atoms with E-state index in [2.05, 4.69) is 4.98 Å². The van der Waals surface area contributed by atoms with Crippen LogP contribution in [0.3, 0.4) is 0 Å². The second-order valence-corrected chi connectivity index (χ2v) is 9.17. The summed E-state index contributed by atoms with van der Waals surface area (Å²) in [6.45, 7) is 2.82. The van der Waals surface area contributed by atoms with Crippen molar-refractivity contribution in [1.82, 2.24) is 13.7 Å². The Morgan fingerprint density at radius 2 is 1.97 bits per heavy atom. The van der Waals surface area contributed by atoms with Gasteiger partial charge in [0.15, 0.2) is 11.8 Å². The number of amides is 1. The number of carbonyl (C=O) groups excluding carboxylic acids is 1. The number of halogens is 1. The highest BCUT2D eigenvalue weighted by Gasteiger charge is 2.44. The number of carbonyl (C=O) groups is 1. The Morgan fingerprint density at radius 1 is 1.23 bits per heavy atom. The van der Waals surface area contributed by atoms with Crippen LogP contribution in [0.4, 0.5) is 0 Å². The molecule has 1 amide bonds. The lowest BCUT2D eigenvalue weighted by Gasteiger charge is -2.16. The molecule has 3 aromatic rings. The van der Waals surface area contributed by atoms with Gasteiger partial charge in [0.1, 0.15) is 16.3 Å². The van der Waals surface area contributed by atoms with Crippen LogP contribution in [0.1, 0.15) is 35.7 Å². The minimum atomic E-state index is -4.27. The Kier molecular flexibility index (Phi) is 4.70. The van der Waals surface area contributed by atoms with Crippen molar-refractivity contribution >= 4 is 33.2 Å². The van der Waals surface area contributed by atoms with E-state index >= 15 is 0 Å². The summed E-state index contributed by atoms with van der Waals surface area (Å²) in [7, 11) is -4.27. The number of phenolic OH excluding ortho intramolecular Hbond substituents is 1. The average molecular weight is 450 g/mol. The van der Waals surface area contributed by atoms with Crippen LogP contribution in [-0.4, -0.2) is 39.9 Å². The lowest BCUT2D eigenvalue weighted by molar-refractivity contribution is 0.0785. The van der Waals surface area contributed by atoms with Gasteiger partial charge in [-0.3, -0.25) is 14.0 Å². The van der Waals surface area contributed by atoms with Crippen molar-refractivity contribution in [2.45, 2.75) is 24.7 Å². The maximum absolute atomic E-state index is 12.9. The molecule has 156 valence electrons. The number of fused-ring (bicyclic) bond motifs is 2. The molecule has 1 N–H and O–H groups in total. The van der Waals surface area contributed by atoms with Gasteiger partial charge < -0.3 is 9.84 Å². The Balaban J connectivity index is 1.73. The molecule has 1 aliphatic heterocycles. The third-order valence-electron chi connectivity index (χ3n) is 4.72. The summed E-state index contributed by atoms with van der Waals surface area (Å²) in [5.41, 5.74) is 0.0428. The van der Waals surface area contributed by atoms with E-state index < -0.39 is 28.2 Å². The van der Waals surface area contributed by atoms with E-state index in [0.29, 0.717) is 9.87 Å². The molecule has 1 aromatic carbocycles. The van der Waals surface area contributed by atoms with E-state index in [1.165, 1.54) is 16.7 Å². The Labute approximate surface area is 176 Å². The van der Waals surface area contributed by atoms with Gasteiger partial charge >= 0.3 is 0 Å². The van der Waals surface area contributed by atoms with Gasteiger partial charge in [-0.15, -0.1) is 0 Å². The number of sulfonamides is 1. The number of hydrogen-bond acceptors (Lipinski definition) is 7. The monoisotopic (exact) mass is 449 g/mol. The highest BCUT2D eigenvalue weighted by atomic mass is 35.5. The first-order valence-corrected chi connectivity index (χ1v) is 10.7. The van der Waals surface area contributed by atoms with E-state index in [0.717, 1.165) is 6.07 Å². The maximum Gasteiger partial charge on any atom is 0.280 e. The van der Waals surface area contributed by atoms with Crippen LogP contribution in [0, 0.1) is 0 Å². The summed E-state index contributed by atoms with van der Waals surface area (Å²) in [4.78, 5) is 29.1. The van der Waals surface area contributed by atoms with Crippen molar-refractivity contribution in [3.8, 4) is 11.6 Å². The molecule has 3 heterocycles. The molecular weight excluding hydrogens is 434 g/mol. The maximum atomic E-state index is 12.9. The molecule has 0 atom stereocenters. The van der Waals surface area contributed by atoms with Crippen molar-refractivity contribution in [2.24, 2.45) is 0 Å². The topological polar surface area (TPSA) is 118 Å². The molecule has 0 unspecified atom stereocenters. The SMILES string of the molecule is CC(C)c1cc(O)cc2c1C(=O)N(COc1nc3ccccn3c(=O)c1Cl)S2(=O)=O. The summed E-state index contributed by atoms with van der Waals surface area (Å²) < 4.78 is 32.9. The molecule has 0 radical (unpaired) electrons. The zero-order valence-electron chi connectivity index (χ0n) is 15.9. The van der Waals surface area contributed by atoms with Crippen molar-refractivity contribution < 1.29 is 23.1 Å². The molecular formula is C19H16ClN3O6S. The number of rotatable bonds is 4. The average Bonchev–Trinajstić information content (AvgIpc) is 2.88. The standard InChI is InChI=1S/C19H16ClN3O6S/c1-10(2)12-7-11(24)8-13-15(12)18(25)23(30(13,27)28)9-29-17-16(20)19(26)22-6-4-3-5-14(22)21-17/h3-8,10,24H,9H2,1-2H3. The van der Waals surface area contributed by atoms with Crippen molar-refractivity contribution in [3.63, 3.8) is 0 Å². The Bertz CT molecular complexity index is 1370. The van der Waals surface area contributed by atoms with Crippen LogP contribution in [0.2, 0.25) is 5.02 Å². The van der Waals surface area contributed by atoms with Gasteiger partial charge in [-0.2, -0.15) is 9.29 Å². The normalized spacial score (nSPS) is 15.1. The molecule has 0 spiro atoms. The summed E-state index contributed by atoms with van der Waals surface area (Å²) in [6, 6.07) is 7.23. The fourth-order valence-corrected chi connectivity index (χ4v) is 4.91. The minimum absolute atomic E-state index is 0.0102. The van der Waals surface area contributed by atoms with Gasteiger partial charge in [0.25, 0.3) is 21.5 Å². The van der Waals surface area contributed by atoms with Crippen LogP contribution >= 0.6 is 11.6 Å². The second kappa shape index (κ2) is 6.99. The second-order valence-electron chi connectivity index (χ2n) is 6.96. The van der Waals surface area contributed by atoms with Crippen LogP contribution in [0.25, 0.3) is 5.65 Å². The smallest absolute Gasteiger partial charge is 0.280 e. The number of phenols is 1. The van der Waals surface area contributed by atoms with E-state index in [-0.39, 0.29) is 38.7 Å². The van der Waals surface area contributed by atoms with Gasteiger partial charge in [-0.05, 0) is 29.7 Å². The van der Waals surface area contributed by atoms with Crippen LogP contribution in [0.15, 0.2) is 46.2 Å². The van der Waals surface area contributed by atoms with Gasteiger partial charge in [0.2, 0.25) is 5.88 Å². The largest absolute Gasteiger partial charge is 0.508 e. The molecule has 2 aromatic heterocycles. The predicted molar refractivity (Wildman–Crippen MR) is 108 cm³/mol. The van der Waals surface area contributed by atoms with Gasteiger partial charge in [0, 0.05) is 12.3 Å². The third-order valence-corrected chi connectivity index (χ3v) is 6.77. The number of hydrogen-bond donors (Lipinski definition) is 1. The lowest BCUT2D eigenvalue weighted by atomic mass is 9.96. The van der Waals surface area contributed by atoms with Gasteiger partial charge in [-0.1, -0.05) is 31.5 Å². The van der Waals surface area contributed by atoms with Crippen molar-refractivity contribution in [1.29, 1.82) is 0 Å². The van der Waals surface area contributed by atoms with E-state index in [1.807, 2.05) is 0 Å². The number of ether oxygens (including phenoxy) is 1. The zero-order valence-corrected chi connectivity index (χ0v) is 17.4. The van der Waals surface area contributed by atoms with E-state index in [4.69, 9.17) is 16.3 Å². The van der Waals surface area contributed by atoms with Gasteiger partial charge in [-0.25, -0.2) is 8.42 Å². The highest BCUT2D eigenvalue weighted by Crippen LogP contribution is 2.38. The first-order chi connectivity index (χ1) is 14.1. The number of pyridine rings is 1. The molecule has 4 rings (SSSR count). The molecule has 9 nitrogen and oxygen atoms in total. The number of benzene rings is 1. The predicted octanol–water partition coefficient (Wildman–Crippen LogP) is 2.36. The molecule has 0 aliphatic carbocycles. The van der Waals surface area contributed by atoms with Crippen LogP contribution in [-0.2, 0) is 10.0 Å². The molecule has 0 fully saturated rings.